The van der Waals surface area contributed by atoms with Gasteiger partial charge in [-0.25, -0.2) is 0 Å². The summed E-state index contributed by atoms with van der Waals surface area (Å²) in [6.07, 6.45) is 0. The van der Waals surface area contributed by atoms with Gasteiger partial charge in [0.15, 0.2) is 0 Å². The second-order valence-electron chi connectivity index (χ2n) is 7.65. The molecule has 0 saturated heterocycles. The maximum absolute atomic E-state index is 4.78. The van der Waals surface area contributed by atoms with E-state index in [1.165, 1.54) is 25.7 Å². The van der Waals surface area contributed by atoms with Gasteiger partial charge in [-0.2, -0.15) is 0 Å². The molecule has 0 amide bonds. The molecule has 152 valence electrons. The Morgan fingerprint density at radius 2 is 1.16 bits per heavy atom. The highest BCUT2D eigenvalue weighted by Gasteiger charge is 2.10. The summed E-state index contributed by atoms with van der Waals surface area (Å²) in [5, 5.41) is 7.32. The van der Waals surface area contributed by atoms with Gasteiger partial charge in [-0.15, -0.1) is 11.3 Å². The van der Waals surface area contributed by atoms with Crippen LogP contribution in [0, 0.1) is 0 Å². The molecule has 5 aromatic rings. The summed E-state index contributed by atoms with van der Waals surface area (Å²) < 4.78 is 2.51. The number of aliphatic imine (C=N–C) groups is 2. The van der Waals surface area contributed by atoms with E-state index in [-0.39, 0.29) is 0 Å². The number of thiophene rings is 1. The minimum Gasteiger partial charge on any atom is -0.358 e. The van der Waals surface area contributed by atoms with E-state index in [4.69, 9.17) is 5.32 Å². The first kappa shape index (κ1) is 18.7. The van der Waals surface area contributed by atoms with E-state index >= 15 is 0 Å². The molecule has 0 atom stereocenters. The molecule has 0 spiro atoms. The third kappa shape index (κ3) is 3.31. The molecule has 3 nitrogen and oxygen atoms in total. The molecular weight excluding hydrogens is 410 g/mol. The maximum atomic E-state index is 4.78. The largest absolute Gasteiger partial charge is 0.358 e. The number of amidine groups is 2. The molecule has 0 bridgehead atoms. The lowest BCUT2D eigenvalue weighted by Crippen LogP contribution is -2.13. The van der Waals surface area contributed by atoms with Gasteiger partial charge in [0.05, 0.1) is 0 Å². The van der Waals surface area contributed by atoms with Gasteiger partial charge < -0.3 is 15.3 Å². The molecule has 1 aliphatic rings. The van der Waals surface area contributed by atoms with Crippen molar-refractivity contribution in [3.8, 4) is 11.1 Å². The van der Waals surface area contributed by atoms with Gasteiger partial charge in [0, 0.05) is 37.7 Å². The number of fused-ring (bicyclic) bond motifs is 3. The Kier molecular flexibility index (Phi) is 4.44. The first-order valence-electron chi connectivity index (χ1n) is 10.4. The Labute approximate surface area is 190 Å². The first-order valence-corrected chi connectivity index (χ1v) is 11.2. The third-order valence-corrected chi connectivity index (χ3v) is 6.70. The molecule has 4 aromatic carbocycles. The van der Waals surface area contributed by atoms with Gasteiger partial charge >= 0.3 is 0 Å². The second-order valence-corrected chi connectivity index (χ2v) is 8.74. The molecule has 1 aromatic heterocycles. The number of hydrogen-bond donors (Lipinski definition) is 0. The fourth-order valence-corrected chi connectivity index (χ4v) is 5.13. The van der Waals surface area contributed by atoms with Crippen LogP contribution >= 0.6 is 11.3 Å². The second kappa shape index (κ2) is 7.59. The van der Waals surface area contributed by atoms with E-state index in [9.17, 15) is 0 Å². The molecule has 32 heavy (non-hydrogen) atoms. The van der Waals surface area contributed by atoms with Crippen LogP contribution in [0.25, 0.3) is 36.6 Å². The predicted octanol–water partition coefficient (Wildman–Crippen LogP) is 7.77. The summed E-state index contributed by atoms with van der Waals surface area (Å²) in [6, 6.07) is 33.5. The SMILES string of the molecule is C=C1N=C(c2ccc(-c3ccccc3)cc2)[N-]C(c2ccc3c(c2)sc2ccccc23)=N1. The molecular formula is C28H18N3S-. The van der Waals surface area contributed by atoms with Crippen molar-refractivity contribution in [1.29, 1.82) is 0 Å². The lowest BCUT2D eigenvalue weighted by Gasteiger charge is -2.26. The van der Waals surface area contributed by atoms with Crippen molar-refractivity contribution in [2.24, 2.45) is 9.98 Å². The van der Waals surface area contributed by atoms with E-state index in [2.05, 4.69) is 95.4 Å². The molecule has 2 heterocycles. The van der Waals surface area contributed by atoms with E-state index in [0.717, 1.165) is 16.7 Å². The lowest BCUT2D eigenvalue weighted by atomic mass is 10.0. The highest BCUT2D eigenvalue weighted by atomic mass is 32.1. The summed E-state index contributed by atoms with van der Waals surface area (Å²) in [5.41, 5.74) is 4.26. The fourth-order valence-electron chi connectivity index (χ4n) is 3.99. The molecule has 0 saturated carbocycles. The Hall–Kier alpha value is -4.02. The molecule has 6 rings (SSSR count). The quantitative estimate of drug-likeness (QED) is 0.281. The molecule has 0 N–H and O–H groups in total. The van der Waals surface area contributed by atoms with Crippen molar-refractivity contribution >= 4 is 43.2 Å². The predicted molar refractivity (Wildman–Crippen MR) is 137 cm³/mol. The normalized spacial score (nSPS) is 13.7. The zero-order chi connectivity index (χ0) is 21.5. The lowest BCUT2D eigenvalue weighted by molar-refractivity contribution is 1.23. The monoisotopic (exact) mass is 428 g/mol. The first-order chi connectivity index (χ1) is 15.7. The minimum absolute atomic E-state index is 0.466. The van der Waals surface area contributed by atoms with Crippen LogP contribution in [-0.4, -0.2) is 11.7 Å². The van der Waals surface area contributed by atoms with Crippen LogP contribution in [-0.2, 0) is 0 Å². The van der Waals surface area contributed by atoms with Crippen LogP contribution in [0.4, 0.5) is 0 Å². The number of nitrogens with zero attached hydrogens (tertiary/aromatic N) is 3. The topological polar surface area (TPSA) is 38.8 Å². The zero-order valence-corrected chi connectivity index (χ0v) is 18.0. The van der Waals surface area contributed by atoms with Gasteiger partial charge in [-0.05, 0) is 34.4 Å². The summed E-state index contributed by atoms with van der Waals surface area (Å²) in [7, 11) is 0. The van der Waals surface area contributed by atoms with Gasteiger partial charge in [0.2, 0.25) is 0 Å². The highest BCUT2D eigenvalue weighted by molar-refractivity contribution is 7.25. The van der Waals surface area contributed by atoms with Crippen molar-refractivity contribution in [2.45, 2.75) is 0 Å². The van der Waals surface area contributed by atoms with Crippen LogP contribution in [0.5, 0.6) is 0 Å². The Morgan fingerprint density at radius 3 is 1.97 bits per heavy atom. The molecule has 0 aliphatic carbocycles. The highest BCUT2D eigenvalue weighted by Crippen LogP contribution is 2.35. The summed E-state index contributed by atoms with van der Waals surface area (Å²) in [4.78, 5) is 9.03. The molecule has 4 heteroatoms. The third-order valence-electron chi connectivity index (χ3n) is 5.57. The molecule has 0 unspecified atom stereocenters. The summed E-state index contributed by atoms with van der Waals surface area (Å²) >= 11 is 1.79. The molecule has 0 fully saturated rings. The van der Waals surface area contributed by atoms with E-state index in [0.29, 0.717) is 17.5 Å². The average molecular weight is 429 g/mol. The van der Waals surface area contributed by atoms with Gasteiger partial charge in [0.25, 0.3) is 0 Å². The van der Waals surface area contributed by atoms with Crippen molar-refractivity contribution in [3.05, 3.63) is 126 Å². The van der Waals surface area contributed by atoms with Crippen molar-refractivity contribution in [3.63, 3.8) is 0 Å². The Bertz CT molecular complexity index is 1540. The average Bonchev–Trinajstić information content (AvgIpc) is 3.22. The number of hydrogen-bond acceptors (Lipinski definition) is 3. The van der Waals surface area contributed by atoms with Crippen molar-refractivity contribution in [1.82, 2.24) is 0 Å². The summed E-state index contributed by atoms with van der Waals surface area (Å²) in [6.45, 7) is 4.00. The van der Waals surface area contributed by atoms with Crippen LogP contribution in [0.3, 0.4) is 0 Å². The van der Waals surface area contributed by atoms with Crippen molar-refractivity contribution < 1.29 is 0 Å². The fraction of sp³-hybridized carbons (Fsp3) is 0. The minimum atomic E-state index is 0.466. The Morgan fingerprint density at radius 1 is 0.562 bits per heavy atom. The standard InChI is InChI=1S/C28H18N3S/c1-18-29-27(21-13-11-20(12-14-21)19-7-3-2-4-8-19)31-28(30-18)22-15-16-24-23-9-5-6-10-25(23)32-26(24)17-22/h2-17H,1H2/q-1. The van der Waals surface area contributed by atoms with Gasteiger partial charge in [-0.1, -0.05) is 91.5 Å². The zero-order valence-electron chi connectivity index (χ0n) is 17.2. The van der Waals surface area contributed by atoms with Gasteiger partial charge in [0.1, 0.15) is 0 Å². The van der Waals surface area contributed by atoms with Crippen LogP contribution in [0.1, 0.15) is 11.1 Å². The van der Waals surface area contributed by atoms with Crippen LogP contribution in [0.15, 0.2) is 119 Å². The van der Waals surface area contributed by atoms with E-state index in [1.807, 2.05) is 18.2 Å². The molecule has 0 radical (unpaired) electrons. The Balaban J connectivity index is 1.32. The molecule has 1 aliphatic heterocycles. The van der Waals surface area contributed by atoms with E-state index in [1.54, 1.807) is 11.3 Å². The van der Waals surface area contributed by atoms with Crippen LogP contribution < -0.4 is 0 Å². The smallest absolute Gasteiger partial charge is 0.0361 e. The van der Waals surface area contributed by atoms with E-state index < -0.39 is 0 Å². The number of rotatable bonds is 3. The van der Waals surface area contributed by atoms with Gasteiger partial charge in [-0.3, -0.25) is 0 Å². The summed E-state index contributed by atoms with van der Waals surface area (Å²) in [5.74, 6) is 1.75. The van der Waals surface area contributed by atoms with Crippen molar-refractivity contribution in [2.75, 3.05) is 0 Å². The maximum Gasteiger partial charge on any atom is 0.0361 e. The van der Waals surface area contributed by atoms with Crippen LogP contribution in [0.2, 0.25) is 0 Å². The number of benzene rings is 4.